The second-order valence-electron chi connectivity index (χ2n) is 1.71. The molecular weight excluding hydrogens is 182 g/mol. The lowest BCUT2D eigenvalue weighted by atomic mass is 11.0. The van der Waals surface area contributed by atoms with Gasteiger partial charge in [-0.1, -0.05) is 24.0 Å². The molecule has 0 fully saturated rings. The van der Waals surface area contributed by atoms with E-state index in [0.29, 0.717) is 4.32 Å². The monoisotopic (exact) mass is 189 g/mol. The van der Waals surface area contributed by atoms with Crippen LogP contribution in [0.15, 0.2) is 0 Å². The number of rotatable bonds is 0. The van der Waals surface area contributed by atoms with Gasteiger partial charge in [0.05, 0.1) is 0 Å². The Bertz CT molecular complexity index is 280. The summed E-state index contributed by atoms with van der Waals surface area (Å²) in [7, 11) is 0. The van der Waals surface area contributed by atoms with Crippen LogP contribution in [0.4, 0.5) is 11.9 Å². The van der Waals surface area contributed by atoms with Crippen molar-refractivity contribution in [2.45, 2.75) is 0 Å². The summed E-state index contributed by atoms with van der Waals surface area (Å²) < 4.78 is 1.86. The highest BCUT2D eigenvalue weighted by Gasteiger charge is 2.06. The summed E-state index contributed by atoms with van der Waals surface area (Å²) in [6.07, 6.45) is 1.83. The maximum absolute atomic E-state index is 5.43. The zero-order chi connectivity index (χ0) is 8.43. The van der Waals surface area contributed by atoms with E-state index in [1.807, 2.05) is 6.26 Å². The Kier molecular flexibility index (Phi) is 2.30. The lowest BCUT2D eigenvalue weighted by Crippen LogP contribution is -2.10. The number of aromatic nitrogens is 3. The van der Waals surface area contributed by atoms with E-state index < -0.39 is 0 Å². The van der Waals surface area contributed by atoms with E-state index >= 15 is 0 Å². The maximum Gasteiger partial charge on any atom is 0.241 e. The molecule has 60 valence electrons. The molecule has 0 amide bonds. The van der Waals surface area contributed by atoms with E-state index in [1.165, 1.54) is 16.4 Å². The molecule has 0 atom stereocenters. The predicted octanol–water partition coefficient (Wildman–Crippen LogP) is -0.0615. The van der Waals surface area contributed by atoms with Gasteiger partial charge in [-0.15, -0.1) is 5.10 Å². The standard InChI is InChI=1S/C4H7N5S2/c1-11-4(10)9-3(6)7-2(5)8-9/h1H3,(H4,5,6,7,8). The van der Waals surface area contributed by atoms with Gasteiger partial charge in [0.25, 0.3) is 0 Å². The molecule has 0 aliphatic rings. The number of hydrogen-bond donors (Lipinski definition) is 2. The van der Waals surface area contributed by atoms with E-state index in [4.69, 9.17) is 23.7 Å². The molecule has 1 aromatic rings. The highest BCUT2D eigenvalue weighted by molar-refractivity contribution is 8.22. The molecule has 0 saturated heterocycles. The van der Waals surface area contributed by atoms with Gasteiger partial charge in [0.2, 0.25) is 11.9 Å². The highest BCUT2D eigenvalue weighted by Crippen LogP contribution is 2.07. The van der Waals surface area contributed by atoms with Gasteiger partial charge >= 0.3 is 0 Å². The van der Waals surface area contributed by atoms with E-state index in [2.05, 4.69) is 10.1 Å². The van der Waals surface area contributed by atoms with E-state index in [0.717, 1.165) is 0 Å². The molecule has 0 radical (unpaired) electrons. The quantitative estimate of drug-likeness (QED) is 0.556. The molecule has 0 spiro atoms. The average molecular weight is 189 g/mol. The Morgan fingerprint density at radius 3 is 2.64 bits per heavy atom. The summed E-state index contributed by atoms with van der Waals surface area (Å²) in [5.41, 5.74) is 10.7. The first-order valence-electron chi connectivity index (χ1n) is 2.71. The van der Waals surface area contributed by atoms with Gasteiger partial charge in [0.15, 0.2) is 4.32 Å². The van der Waals surface area contributed by atoms with Crippen molar-refractivity contribution in [3.63, 3.8) is 0 Å². The molecule has 11 heavy (non-hydrogen) atoms. The first kappa shape index (κ1) is 8.28. The van der Waals surface area contributed by atoms with Crippen molar-refractivity contribution in [2.24, 2.45) is 0 Å². The van der Waals surface area contributed by atoms with Crippen LogP contribution in [0, 0.1) is 0 Å². The predicted molar refractivity (Wildman–Crippen MR) is 50.4 cm³/mol. The Morgan fingerprint density at radius 1 is 1.64 bits per heavy atom. The molecule has 0 bridgehead atoms. The molecule has 0 aromatic carbocycles. The Hall–Kier alpha value is -0.820. The number of hydrogen-bond acceptors (Lipinski definition) is 6. The van der Waals surface area contributed by atoms with Gasteiger partial charge in [-0.2, -0.15) is 9.67 Å². The van der Waals surface area contributed by atoms with Gasteiger partial charge in [0, 0.05) is 0 Å². The van der Waals surface area contributed by atoms with Crippen LogP contribution in [0.3, 0.4) is 0 Å². The van der Waals surface area contributed by atoms with Crippen LogP contribution in [0.1, 0.15) is 0 Å². The zero-order valence-electron chi connectivity index (χ0n) is 5.81. The number of anilines is 2. The average Bonchev–Trinajstić information content (AvgIpc) is 2.28. The molecule has 1 rings (SSSR count). The van der Waals surface area contributed by atoms with Crippen LogP contribution in [-0.2, 0) is 0 Å². The van der Waals surface area contributed by atoms with E-state index in [-0.39, 0.29) is 11.9 Å². The third kappa shape index (κ3) is 1.60. The zero-order valence-corrected chi connectivity index (χ0v) is 7.45. The fraction of sp³-hybridized carbons (Fsp3) is 0.250. The van der Waals surface area contributed by atoms with Crippen LogP contribution in [0.5, 0.6) is 0 Å². The van der Waals surface area contributed by atoms with Gasteiger partial charge in [-0.25, -0.2) is 0 Å². The van der Waals surface area contributed by atoms with E-state index in [9.17, 15) is 0 Å². The lowest BCUT2D eigenvalue weighted by Gasteiger charge is -1.97. The highest BCUT2D eigenvalue weighted by atomic mass is 32.2. The van der Waals surface area contributed by atoms with Gasteiger partial charge in [-0.3, -0.25) is 0 Å². The molecule has 4 N–H and O–H groups in total. The van der Waals surface area contributed by atoms with E-state index in [1.54, 1.807) is 0 Å². The minimum absolute atomic E-state index is 0.138. The summed E-state index contributed by atoms with van der Waals surface area (Å²) in [5, 5.41) is 3.78. The van der Waals surface area contributed by atoms with Crippen LogP contribution in [0.25, 0.3) is 0 Å². The molecular formula is C4H7N5S2. The Balaban J connectivity index is 3.03. The van der Waals surface area contributed by atoms with Crippen LogP contribution in [0.2, 0.25) is 0 Å². The first-order valence-corrected chi connectivity index (χ1v) is 4.34. The molecule has 0 aliphatic heterocycles. The van der Waals surface area contributed by atoms with Crippen molar-refractivity contribution in [3.8, 4) is 0 Å². The van der Waals surface area contributed by atoms with Gasteiger partial charge in [0.1, 0.15) is 0 Å². The van der Waals surface area contributed by atoms with Crippen molar-refractivity contribution < 1.29 is 0 Å². The third-order valence-corrected chi connectivity index (χ3v) is 2.19. The molecule has 0 saturated carbocycles. The summed E-state index contributed by atoms with van der Waals surface area (Å²) in [4.78, 5) is 3.69. The molecule has 5 nitrogen and oxygen atoms in total. The number of nitrogens with zero attached hydrogens (tertiary/aromatic N) is 3. The number of thiocarbonyl (C=S) groups is 1. The first-order chi connectivity index (χ1) is 5.15. The second-order valence-corrected chi connectivity index (χ2v) is 3.15. The minimum Gasteiger partial charge on any atom is -0.368 e. The smallest absolute Gasteiger partial charge is 0.241 e. The second kappa shape index (κ2) is 3.05. The minimum atomic E-state index is 0.138. The fourth-order valence-corrected chi connectivity index (χ4v) is 1.00. The van der Waals surface area contributed by atoms with Crippen molar-refractivity contribution in [2.75, 3.05) is 17.7 Å². The molecule has 7 heteroatoms. The summed E-state index contributed by atoms with van der Waals surface area (Å²) >= 11 is 6.27. The number of nitrogen functional groups attached to an aromatic ring is 2. The lowest BCUT2D eigenvalue weighted by molar-refractivity contribution is 0.980. The molecule has 1 heterocycles. The Morgan fingerprint density at radius 2 is 2.27 bits per heavy atom. The van der Waals surface area contributed by atoms with Crippen LogP contribution < -0.4 is 11.5 Å². The number of thioether (sulfide) groups is 1. The topological polar surface area (TPSA) is 82.8 Å². The Labute approximate surface area is 73.1 Å². The third-order valence-electron chi connectivity index (χ3n) is 0.996. The maximum atomic E-state index is 5.43. The normalized spacial score (nSPS) is 9.91. The van der Waals surface area contributed by atoms with Crippen molar-refractivity contribution in [1.82, 2.24) is 14.8 Å². The fourth-order valence-electron chi connectivity index (χ4n) is 0.562. The SMILES string of the molecule is CSC(=S)n1nc(N)nc1N. The van der Waals surface area contributed by atoms with Crippen LogP contribution in [-0.4, -0.2) is 25.3 Å². The van der Waals surface area contributed by atoms with Crippen LogP contribution >= 0.6 is 24.0 Å². The molecule has 1 aromatic heterocycles. The molecule has 0 unspecified atom stereocenters. The van der Waals surface area contributed by atoms with Crippen molar-refractivity contribution in [1.29, 1.82) is 0 Å². The van der Waals surface area contributed by atoms with Crippen molar-refractivity contribution >= 4 is 40.2 Å². The summed E-state index contributed by atoms with van der Waals surface area (Å²) in [6, 6.07) is 0. The van der Waals surface area contributed by atoms with Gasteiger partial charge in [-0.05, 0) is 6.26 Å². The van der Waals surface area contributed by atoms with Crippen molar-refractivity contribution in [3.05, 3.63) is 0 Å². The summed E-state index contributed by atoms with van der Waals surface area (Å²) in [5.74, 6) is 0.362. The number of nitrogens with two attached hydrogens (primary N) is 2. The largest absolute Gasteiger partial charge is 0.368 e. The molecule has 0 aliphatic carbocycles. The summed E-state index contributed by atoms with van der Waals surface area (Å²) in [6.45, 7) is 0. The van der Waals surface area contributed by atoms with Gasteiger partial charge < -0.3 is 11.5 Å².